The van der Waals surface area contributed by atoms with E-state index in [4.69, 9.17) is 10.5 Å². The SMILES string of the molecule is COc1ccc(CN2CC(C)C(N)C2)cc1O.Cl. The molecule has 18 heavy (non-hydrogen) atoms. The Morgan fingerprint density at radius 3 is 2.67 bits per heavy atom. The number of hydrogen-bond acceptors (Lipinski definition) is 4. The van der Waals surface area contributed by atoms with Crippen molar-refractivity contribution in [2.24, 2.45) is 11.7 Å². The molecule has 5 heteroatoms. The molecule has 102 valence electrons. The van der Waals surface area contributed by atoms with Crippen LogP contribution in [0.1, 0.15) is 12.5 Å². The lowest BCUT2D eigenvalue weighted by Gasteiger charge is -2.15. The van der Waals surface area contributed by atoms with Crippen LogP contribution in [-0.4, -0.2) is 36.2 Å². The molecule has 0 spiro atoms. The van der Waals surface area contributed by atoms with E-state index in [1.54, 1.807) is 19.2 Å². The lowest BCUT2D eigenvalue weighted by Crippen LogP contribution is -2.28. The van der Waals surface area contributed by atoms with E-state index in [1.165, 1.54) is 0 Å². The Kier molecular flexibility index (Phi) is 5.26. The minimum absolute atomic E-state index is 0. The van der Waals surface area contributed by atoms with Crippen LogP contribution in [0.3, 0.4) is 0 Å². The summed E-state index contributed by atoms with van der Waals surface area (Å²) < 4.78 is 5.02. The summed E-state index contributed by atoms with van der Waals surface area (Å²) in [7, 11) is 1.55. The summed E-state index contributed by atoms with van der Waals surface area (Å²) in [4.78, 5) is 2.32. The summed E-state index contributed by atoms with van der Waals surface area (Å²) in [5.74, 6) is 1.25. The van der Waals surface area contributed by atoms with E-state index in [2.05, 4.69) is 11.8 Å². The van der Waals surface area contributed by atoms with Gasteiger partial charge in [0.05, 0.1) is 7.11 Å². The number of nitrogens with zero attached hydrogens (tertiary/aromatic N) is 1. The van der Waals surface area contributed by atoms with E-state index in [1.807, 2.05) is 6.07 Å². The number of phenols is 1. The van der Waals surface area contributed by atoms with Crippen LogP contribution in [0.2, 0.25) is 0 Å². The van der Waals surface area contributed by atoms with E-state index in [0.717, 1.165) is 25.2 Å². The average molecular weight is 273 g/mol. The molecule has 1 saturated heterocycles. The first-order chi connectivity index (χ1) is 8.10. The largest absolute Gasteiger partial charge is 0.504 e. The number of hydrogen-bond donors (Lipinski definition) is 2. The second-order valence-electron chi connectivity index (χ2n) is 4.84. The molecule has 0 aromatic heterocycles. The van der Waals surface area contributed by atoms with Crippen LogP contribution in [0.5, 0.6) is 11.5 Å². The van der Waals surface area contributed by atoms with Crippen molar-refractivity contribution in [1.82, 2.24) is 4.90 Å². The molecule has 0 amide bonds. The molecule has 0 aliphatic carbocycles. The minimum atomic E-state index is 0. The van der Waals surface area contributed by atoms with E-state index in [0.29, 0.717) is 11.7 Å². The number of benzene rings is 1. The van der Waals surface area contributed by atoms with Gasteiger partial charge in [0, 0.05) is 25.7 Å². The van der Waals surface area contributed by atoms with Gasteiger partial charge in [-0.2, -0.15) is 0 Å². The Labute approximate surface area is 114 Å². The normalized spacial score (nSPS) is 23.7. The van der Waals surface area contributed by atoms with Crippen LogP contribution < -0.4 is 10.5 Å². The first-order valence-corrected chi connectivity index (χ1v) is 5.94. The zero-order valence-corrected chi connectivity index (χ0v) is 11.6. The van der Waals surface area contributed by atoms with E-state index >= 15 is 0 Å². The summed E-state index contributed by atoms with van der Waals surface area (Å²) in [6, 6.07) is 5.80. The maximum Gasteiger partial charge on any atom is 0.160 e. The Morgan fingerprint density at radius 2 is 2.17 bits per heavy atom. The van der Waals surface area contributed by atoms with Crippen molar-refractivity contribution in [3.63, 3.8) is 0 Å². The first-order valence-electron chi connectivity index (χ1n) is 5.94. The van der Waals surface area contributed by atoms with Crippen LogP contribution in [0.4, 0.5) is 0 Å². The third-order valence-corrected chi connectivity index (χ3v) is 3.40. The summed E-state index contributed by atoms with van der Waals surface area (Å²) in [6.45, 7) is 4.95. The summed E-state index contributed by atoms with van der Waals surface area (Å²) >= 11 is 0. The number of methoxy groups -OCH3 is 1. The second kappa shape index (κ2) is 6.27. The molecule has 1 aliphatic rings. The highest BCUT2D eigenvalue weighted by Gasteiger charge is 2.26. The lowest BCUT2D eigenvalue weighted by molar-refractivity contribution is 0.317. The molecule has 0 bridgehead atoms. The van der Waals surface area contributed by atoms with Crippen molar-refractivity contribution in [2.45, 2.75) is 19.5 Å². The molecule has 4 nitrogen and oxygen atoms in total. The smallest absolute Gasteiger partial charge is 0.160 e. The van der Waals surface area contributed by atoms with Crippen LogP contribution in [-0.2, 0) is 6.54 Å². The Balaban J connectivity index is 0.00000162. The van der Waals surface area contributed by atoms with Gasteiger partial charge in [0.25, 0.3) is 0 Å². The number of nitrogens with two attached hydrogens (primary N) is 1. The molecule has 0 radical (unpaired) electrons. The van der Waals surface area contributed by atoms with Crippen LogP contribution in [0.25, 0.3) is 0 Å². The van der Waals surface area contributed by atoms with Crippen LogP contribution in [0.15, 0.2) is 18.2 Å². The molecule has 2 atom stereocenters. The van der Waals surface area contributed by atoms with Crippen molar-refractivity contribution in [1.29, 1.82) is 0 Å². The van der Waals surface area contributed by atoms with Gasteiger partial charge in [-0.3, -0.25) is 4.90 Å². The van der Waals surface area contributed by atoms with Crippen molar-refractivity contribution < 1.29 is 9.84 Å². The lowest BCUT2D eigenvalue weighted by atomic mass is 10.1. The molecule has 1 aliphatic heterocycles. The Bertz CT molecular complexity index is 391. The molecule has 0 saturated carbocycles. The van der Waals surface area contributed by atoms with E-state index in [-0.39, 0.29) is 24.2 Å². The van der Waals surface area contributed by atoms with Gasteiger partial charge in [0.2, 0.25) is 0 Å². The number of aromatic hydroxyl groups is 1. The van der Waals surface area contributed by atoms with Gasteiger partial charge in [0.15, 0.2) is 11.5 Å². The number of phenolic OH excluding ortho intramolecular Hbond substituents is 1. The van der Waals surface area contributed by atoms with Crippen LogP contribution in [0, 0.1) is 5.92 Å². The molecule has 1 heterocycles. The minimum Gasteiger partial charge on any atom is -0.504 e. The maximum absolute atomic E-state index is 9.70. The second-order valence-corrected chi connectivity index (χ2v) is 4.84. The summed E-state index contributed by atoms with van der Waals surface area (Å²) in [6.07, 6.45) is 0. The van der Waals surface area contributed by atoms with Crippen molar-refractivity contribution in [2.75, 3.05) is 20.2 Å². The van der Waals surface area contributed by atoms with Gasteiger partial charge >= 0.3 is 0 Å². The summed E-state index contributed by atoms with van der Waals surface area (Å²) in [5, 5.41) is 9.70. The third-order valence-electron chi connectivity index (χ3n) is 3.40. The molecule has 3 N–H and O–H groups in total. The van der Waals surface area contributed by atoms with Gasteiger partial charge in [-0.1, -0.05) is 13.0 Å². The zero-order valence-electron chi connectivity index (χ0n) is 10.8. The molecule has 1 aromatic rings. The number of halogens is 1. The van der Waals surface area contributed by atoms with Gasteiger partial charge < -0.3 is 15.6 Å². The standard InChI is InChI=1S/C13H20N2O2.ClH/c1-9-6-15(8-11(9)14)7-10-3-4-13(17-2)12(16)5-10;/h3-5,9,11,16H,6-8,14H2,1-2H3;1H. The number of likely N-dealkylation sites (tertiary alicyclic amines) is 1. The quantitative estimate of drug-likeness (QED) is 0.878. The van der Waals surface area contributed by atoms with Crippen LogP contribution >= 0.6 is 12.4 Å². The van der Waals surface area contributed by atoms with Gasteiger partial charge in [-0.25, -0.2) is 0 Å². The molecular formula is C13H21ClN2O2. The Morgan fingerprint density at radius 1 is 1.44 bits per heavy atom. The monoisotopic (exact) mass is 272 g/mol. The highest BCUT2D eigenvalue weighted by atomic mass is 35.5. The number of ether oxygens (including phenoxy) is 1. The summed E-state index contributed by atoms with van der Waals surface area (Å²) in [5.41, 5.74) is 7.07. The fraction of sp³-hybridized carbons (Fsp3) is 0.538. The van der Waals surface area contributed by atoms with E-state index < -0.39 is 0 Å². The Hall–Kier alpha value is -0.970. The van der Waals surface area contributed by atoms with Crippen molar-refractivity contribution in [3.8, 4) is 11.5 Å². The molecule has 1 fully saturated rings. The highest BCUT2D eigenvalue weighted by molar-refractivity contribution is 5.85. The molecule has 2 rings (SSSR count). The predicted molar refractivity (Wildman–Crippen MR) is 74.3 cm³/mol. The molecule has 1 aromatic carbocycles. The molecule has 2 unspecified atom stereocenters. The topological polar surface area (TPSA) is 58.7 Å². The predicted octanol–water partition coefficient (Wildman–Crippen LogP) is 1.60. The number of rotatable bonds is 3. The van der Waals surface area contributed by atoms with Crippen molar-refractivity contribution in [3.05, 3.63) is 23.8 Å². The average Bonchev–Trinajstić information content (AvgIpc) is 2.58. The maximum atomic E-state index is 9.70. The fourth-order valence-electron chi connectivity index (χ4n) is 2.32. The van der Waals surface area contributed by atoms with E-state index in [9.17, 15) is 5.11 Å². The fourth-order valence-corrected chi connectivity index (χ4v) is 2.32. The highest BCUT2D eigenvalue weighted by Crippen LogP contribution is 2.27. The van der Waals surface area contributed by atoms with Gasteiger partial charge in [0.1, 0.15) is 0 Å². The first kappa shape index (κ1) is 15.1. The van der Waals surface area contributed by atoms with Gasteiger partial charge in [-0.15, -0.1) is 12.4 Å². The third kappa shape index (κ3) is 3.28. The molecular weight excluding hydrogens is 252 g/mol. The van der Waals surface area contributed by atoms with Gasteiger partial charge in [-0.05, 0) is 23.6 Å². The van der Waals surface area contributed by atoms with Crippen molar-refractivity contribution >= 4 is 12.4 Å². The zero-order chi connectivity index (χ0) is 12.4.